The number of aliphatic imine (C=N–C) groups is 1. The molecule has 2 saturated carbocycles. The third-order valence-corrected chi connectivity index (χ3v) is 11.2. The lowest BCUT2D eigenvalue weighted by molar-refractivity contribution is -0.855. The molecule has 2 aliphatic carbocycles. The largest absolute Gasteiger partial charge is 0.504 e. The molecule has 0 spiro atoms. The summed E-state index contributed by atoms with van der Waals surface area (Å²) in [5.74, 6) is 1.44. The molecule has 2 atom stereocenters. The van der Waals surface area contributed by atoms with Gasteiger partial charge in [0.15, 0.2) is 11.5 Å². The number of Topliss-reactive ketones (excluding diaryl/α,β-unsaturated/α-hetero) is 1. The number of phenols is 1. The average Bonchev–Trinajstić information content (AvgIpc) is 3.84. The van der Waals surface area contributed by atoms with Crippen LogP contribution < -0.4 is 21.1 Å². The topological polar surface area (TPSA) is 136 Å². The molecule has 0 amide bonds. The molecule has 8 heteroatoms. The number of aromatic hydroxyl groups is 1. The van der Waals surface area contributed by atoms with Gasteiger partial charge in [0, 0.05) is 30.0 Å². The highest BCUT2D eigenvalue weighted by Gasteiger charge is 2.44. The van der Waals surface area contributed by atoms with Crippen molar-refractivity contribution >= 4 is 12.0 Å². The number of allylic oxidation sites excluding steroid dienone is 1. The lowest BCUT2D eigenvalue weighted by Gasteiger charge is -2.32. The molecule has 2 aliphatic heterocycles. The molecular weight excluding hydrogens is 600 g/mol. The van der Waals surface area contributed by atoms with Crippen molar-refractivity contribution in [1.29, 1.82) is 0 Å². The molecular formula is C40H55N4O4+. The zero-order valence-corrected chi connectivity index (χ0v) is 28.5. The summed E-state index contributed by atoms with van der Waals surface area (Å²) in [6, 6.07) is 13.7. The minimum absolute atomic E-state index is 0.0762. The van der Waals surface area contributed by atoms with Gasteiger partial charge >= 0.3 is 0 Å². The van der Waals surface area contributed by atoms with E-state index in [2.05, 4.69) is 30.6 Å². The molecule has 7 N–H and O–H groups in total. The van der Waals surface area contributed by atoms with Crippen molar-refractivity contribution in [3.8, 4) is 11.5 Å². The number of aliphatic hydroxyl groups excluding tert-OH is 1. The normalized spacial score (nSPS) is 21.2. The summed E-state index contributed by atoms with van der Waals surface area (Å²) in [5, 5.41) is 21.0. The lowest BCUT2D eigenvalue weighted by Crippen LogP contribution is -3.07. The summed E-state index contributed by atoms with van der Waals surface area (Å²) in [7, 11) is 0. The van der Waals surface area contributed by atoms with Crippen LogP contribution in [0.1, 0.15) is 119 Å². The van der Waals surface area contributed by atoms with E-state index in [0.29, 0.717) is 31.7 Å². The van der Waals surface area contributed by atoms with Crippen LogP contribution in [0.3, 0.4) is 0 Å². The maximum Gasteiger partial charge on any atom is 0.227 e. The number of hydrogen-bond acceptors (Lipinski definition) is 7. The molecule has 8 nitrogen and oxygen atoms in total. The molecule has 0 aromatic heterocycles. The second kappa shape index (κ2) is 15.9. The highest BCUT2D eigenvalue weighted by atomic mass is 16.5. The number of carbonyl (C=O) groups excluding carboxylic acids is 1. The number of nitrogens with one attached hydrogen (secondary N) is 1. The minimum atomic E-state index is -0.558. The molecule has 2 fully saturated rings. The fourth-order valence-electron chi connectivity index (χ4n) is 8.49. The number of carbonyl (C=O) groups is 1. The Labute approximate surface area is 286 Å². The summed E-state index contributed by atoms with van der Waals surface area (Å²) in [6.45, 7) is 1.11. The van der Waals surface area contributed by atoms with E-state index in [-0.39, 0.29) is 23.4 Å². The van der Waals surface area contributed by atoms with Crippen molar-refractivity contribution < 1.29 is 24.6 Å². The molecule has 4 aliphatic rings. The van der Waals surface area contributed by atoms with Gasteiger partial charge in [0.1, 0.15) is 24.2 Å². The summed E-state index contributed by atoms with van der Waals surface area (Å²) in [5.41, 5.74) is 18.7. The van der Waals surface area contributed by atoms with Gasteiger partial charge in [-0.3, -0.25) is 14.7 Å². The van der Waals surface area contributed by atoms with Crippen LogP contribution in [0.25, 0.3) is 0 Å². The van der Waals surface area contributed by atoms with Crippen LogP contribution in [0.15, 0.2) is 70.5 Å². The smallest absolute Gasteiger partial charge is 0.227 e. The van der Waals surface area contributed by atoms with Crippen LogP contribution in [-0.2, 0) is 16.6 Å². The van der Waals surface area contributed by atoms with E-state index in [1.807, 2.05) is 18.2 Å². The first-order valence-electron chi connectivity index (χ1n) is 18.4. The van der Waals surface area contributed by atoms with Gasteiger partial charge in [0.2, 0.25) is 6.73 Å². The predicted octanol–water partition coefficient (Wildman–Crippen LogP) is 5.67. The highest BCUT2D eigenvalue weighted by molar-refractivity contribution is 5.90. The van der Waals surface area contributed by atoms with Gasteiger partial charge in [-0.1, -0.05) is 94.5 Å². The van der Waals surface area contributed by atoms with E-state index in [0.717, 1.165) is 59.9 Å². The van der Waals surface area contributed by atoms with Gasteiger partial charge in [-0.05, 0) is 66.0 Å². The van der Waals surface area contributed by atoms with Crippen molar-refractivity contribution in [3.05, 3.63) is 82.2 Å². The number of nitrogens with zero attached hydrogens (tertiary/aromatic N) is 1. The molecule has 0 radical (unpaired) electrons. The number of aryl methyl sites for hydroxylation is 1. The molecule has 0 bridgehead atoms. The van der Waals surface area contributed by atoms with Crippen molar-refractivity contribution in [3.63, 3.8) is 0 Å². The third-order valence-electron chi connectivity index (χ3n) is 11.2. The Hall–Kier alpha value is -3.30. The molecule has 2 unspecified atom stereocenters. The third kappa shape index (κ3) is 8.28. The van der Waals surface area contributed by atoms with Crippen LogP contribution in [0, 0.1) is 5.92 Å². The van der Waals surface area contributed by atoms with Gasteiger partial charge in [-0.15, -0.1) is 0 Å². The first-order chi connectivity index (χ1) is 23.3. The van der Waals surface area contributed by atoms with E-state index in [4.69, 9.17) is 21.2 Å². The van der Waals surface area contributed by atoms with Crippen LogP contribution in [0.2, 0.25) is 0 Å². The lowest BCUT2D eigenvalue weighted by atomic mass is 9.71. The van der Waals surface area contributed by atoms with Gasteiger partial charge in [-0.25, -0.2) is 0 Å². The quantitative estimate of drug-likeness (QED) is 0.117. The van der Waals surface area contributed by atoms with E-state index in [1.165, 1.54) is 68.1 Å². The predicted molar refractivity (Wildman–Crippen MR) is 190 cm³/mol. The molecule has 2 aromatic carbocycles. The van der Waals surface area contributed by atoms with Crippen molar-refractivity contribution in [2.45, 2.75) is 120 Å². The molecule has 48 heavy (non-hydrogen) atoms. The Kier molecular flexibility index (Phi) is 11.5. The second-order valence-corrected chi connectivity index (χ2v) is 14.7. The number of quaternary nitrogens is 1. The number of hydrogen-bond donors (Lipinski definition) is 5. The van der Waals surface area contributed by atoms with Crippen molar-refractivity contribution in [1.82, 2.24) is 0 Å². The average molecular weight is 656 g/mol. The van der Waals surface area contributed by atoms with Crippen LogP contribution in [0.4, 0.5) is 0 Å². The SMILES string of the molecule is NC(N)c1cccc(C2(C3=C4C[NH+](COc5cc(CCC(=O)CC(O)CCCCC6CCCCC6)ccc5O)C=C4N=C3)CCCC2)c1. The van der Waals surface area contributed by atoms with Gasteiger partial charge < -0.3 is 26.4 Å². The number of benzene rings is 2. The van der Waals surface area contributed by atoms with Crippen LogP contribution in [-0.4, -0.2) is 41.6 Å². The Bertz CT molecular complexity index is 1520. The Morgan fingerprint density at radius 2 is 1.85 bits per heavy atom. The second-order valence-electron chi connectivity index (χ2n) is 14.7. The maximum atomic E-state index is 12.7. The number of phenolic OH excluding ortho intramolecular Hbond substituents is 1. The van der Waals surface area contributed by atoms with Crippen LogP contribution >= 0.6 is 0 Å². The van der Waals surface area contributed by atoms with Gasteiger partial charge in [-0.2, -0.15) is 0 Å². The van der Waals surface area contributed by atoms with Crippen molar-refractivity contribution in [2.75, 3.05) is 13.3 Å². The van der Waals surface area contributed by atoms with Crippen molar-refractivity contribution in [2.24, 2.45) is 22.4 Å². The Morgan fingerprint density at radius 3 is 2.65 bits per heavy atom. The highest BCUT2D eigenvalue weighted by Crippen LogP contribution is 2.49. The van der Waals surface area contributed by atoms with Gasteiger partial charge in [0.25, 0.3) is 0 Å². The zero-order valence-electron chi connectivity index (χ0n) is 28.5. The fraction of sp³-hybridized carbons (Fsp3) is 0.550. The van der Waals surface area contributed by atoms with Crippen LogP contribution in [0.5, 0.6) is 11.5 Å². The molecule has 6 rings (SSSR count). The Morgan fingerprint density at radius 1 is 1.04 bits per heavy atom. The van der Waals surface area contributed by atoms with Gasteiger partial charge in [0.05, 0.1) is 12.3 Å². The number of fused-ring (bicyclic) bond motifs is 1. The first-order valence-corrected chi connectivity index (χ1v) is 18.4. The maximum absolute atomic E-state index is 12.7. The van der Waals surface area contributed by atoms with E-state index in [1.54, 1.807) is 6.07 Å². The molecule has 2 aromatic rings. The number of ether oxygens (including phenoxy) is 1. The molecule has 2 heterocycles. The number of unbranched alkanes of at least 4 members (excludes halogenated alkanes) is 1. The summed E-state index contributed by atoms with van der Waals surface area (Å²) in [6.07, 6.45) is 19.7. The summed E-state index contributed by atoms with van der Waals surface area (Å²) < 4.78 is 6.15. The van der Waals surface area contributed by atoms with E-state index >= 15 is 0 Å². The Balaban J connectivity index is 0.996. The number of rotatable bonds is 16. The first kappa shape index (κ1) is 34.6. The standard InChI is InChI=1S/C40H54N4O4/c41-39(42)30-12-8-13-31(22-30)40(19-6-7-20-40)35-24-43-36-26-44(25-34(35)36)27-48-38-21-29(16-18-37(38)47)15-17-33(46)23-32(45)14-5-4-11-28-9-2-1-3-10-28/h8,12-13,16,18,21-22,24,26,28,32,39,45,47H,1-7,9-11,14-15,17,19-20,23,25,27,41-42H2/p+1. The fourth-order valence-corrected chi connectivity index (χ4v) is 8.49. The summed E-state index contributed by atoms with van der Waals surface area (Å²) in [4.78, 5) is 18.6. The summed E-state index contributed by atoms with van der Waals surface area (Å²) >= 11 is 0. The van der Waals surface area contributed by atoms with E-state index in [9.17, 15) is 15.0 Å². The molecule has 258 valence electrons. The zero-order chi connectivity index (χ0) is 33.5. The number of aliphatic hydroxyl groups is 1. The minimum Gasteiger partial charge on any atom is -0.504 e. The number of ketones is 1. The number of nitrogens with two attached hydrogens (primary N) is 2. The monoisotopic (exact) mass is 655 g/mol. The molecule has 0 saturated heterocycles. The van der Waals surface area contributed by atoms with E-state index < -0.39 is 12.3 Å².